The summed E-state index contributed by atoms with van der Waals surface area (Å²) in [5.74, 6) is 0. The number of halogens is 1. The zero-order chi connectivity index (χ0) is 14.7. The highest BCUT2D eigenvalue weighted by Crippen LogP contribution is 2.32. The van der Waals surface area contributed by atoms with Gasteiger partial charge in [0.15, 0.2) is 0 Å². The van der Waals surface area contributed by atoms with Crippen LogP contribution >= 0.6 is 15.9 Å². The molecular formula is C16H16BrN3. The van der Waals surface area contributed by atoms with Crippen LogP contribution in [0.3, 0.4) is 0 Å². The Balaban J connectivity index is 2.39. The Morgan fingerprint density at radius 3 is 2.60 bits per heavy atom. The molecule has 4 heteroatoms. The largest absolute Gasteiger partial charge is 0.399 e. The zero-order valence-corrected chi connectivity index (χ0v) is 13.1. The van der Waals surface area contributed by atoms with Gasteiger partial charge in [0.25, 0.3) is 0 Å². The number of nitrogens with two attached hydrogens (primary N) is 1. The Hall–Kier alpha value is -1.99. The summed E-state index contributed by atoms with van der Waals surface area (Å²) in [6, 6.07) is 16.0. The van der Waals surface area contributed by atoms with Crippen LogP contribution in [0.15, 0.2) is 46.9 Å². The van der Waals surface area contributed by atoms with Crippen LogP contribution in [-0.2, 0) is 0 Å². The number of hydrogen-bond acceptors (Lipinski definition) is 3. The molecule has 0 aromatic heterocycles. The molecule has 1 unspecified atom stereocenters. The number of anilines is 2. The Bertz CT molecular complexity index is 661. The second-order valence-electron chi connectivity index (χ2n) is 4.70. The highest BCUT2D eigenvalue weighted by Gasteiger charge is 2.16. The monoisotopic (exact) mass is 329 g/mol. The van der Waals surface area contributed by atoms with Crippen molar-refractivity contribution in [3.63, 3.8) is 0 Å². The Labute approximate surface area is 127 Å². The molecule has 2 N–H and O–H groups in total. The summed E-state index contributed by atoms with van der Waals surface area (Å²) in [4.78, 5) is 2.08. The minimum absolute atomic E-state index is 0.125. The zero-order valence-electron chi connectivity index (χ0n) is 11.5. The fourth-order valence-corrected chi connectivity index (χ4v) is 2.61. The van der Waals surface area contributed by atoms with Crippen molar-refractivity contribution < 1.29 is 0 Å². The van der Waals surface area contributed by atoms with E-state index in [0.29, 0.717) is 5.56 Å². The normalized spacial score (nSPS) is 11.7. The number of nitrogen functional groups attached to an aromatic ring is 1. The maximum Gasteiger partial charge on any atom is 0.103 e. The van der Waals surface area contributed by atoms with Crippen molar-refractivity contribution in [3.8, 4) is 6.07 Å². The fourth-order valence-electron chi connectivity index (χ4n) is 2.17. The van der Waals surface area contributed by atoms with Crippen LogP contribution in [0, 0.1) is 11.3 Å². The summed E-state index contributed by atoms with van der Waals surface area (Å²) in [5.41, 5.74) is 9.25. The first-order chi connectivity index (χ1) is 9.54. The van der Waals surface area contributed by atoms with E-state index in [1.807, 2.05) is 49.5 Å². The molecule has 2 aromatic carbocycles. The molecule has 0 spiro atoms. The molecule has 0 amide bonds. The van der Waals surface area contributed by atoms with Crippen LogP contribution in [0.4, 0.5) is 11.4 Å². The Morgan fingerprint density at radius 2 is 1.95 bits per heavy atom. The summed E-state index contributed by atoms with van der Waals surface area (Å²) >= 11 is 3.42. The van der Waals surface area contributed by atoms with E-state index >= 15 is 0 Å². The topological polar surface area (TPSA) is 53.0 Å². The molecule has 0 saturated heterocycles. The third-order valence-corrected chi connectivity index (χ3v) is 4.12. The van der Waals surface area contributed by atoms with Gasteiger partial charge < -0.3 is 10.6 Å². The van der Waals surface area contributed by atoms with E-state index in [2.05, 4.69) is 33.8 Å². The van der Waals surface area contributed by atoms with Crippen LogP contribution < -0.4 is 10.6 Å². The second-order valence-corrected chi connectivity index (χ2v) is 5.56. The van der Waals surface area contributed by atoms with Crippen molar-refractivity contribution in [2.75, 3.05) is 17.7 Å². The lowest BCUT2D eigenvalue weighted by Gasteiger charge is -2.28. The molecule has 3 nitrogen and oxygen atoms in total. The Kier molecular flexibility index (Phi) is 4.31. The molecule has 0 fully saturated rings. The molecule has 102 valence electrons. The summed E-state index contributed by atoms with van der Waals surface area (Å²) in [6.45, 7) is 2.09. The van der Waals surface area contributed by atoms with Gasteiger partial charge in [0, 0.05) is 17.2 Å². The smallest absolute Gasteiger partial charge is 0.103 e. The average Bonchev–Trinajstić information content (AvgIpc) is 2.45. The molecule has 0 aliphatic carbocycles. The number of benzene rings is 2. The maximum absolute atomic E-state index is 9.32. The van der Waals surface area contributed by atoms with Crippen LogP contribution in [0.25, 0.3) is 0 Å². The van der Waals surface area contributed by atoms with Crippen molar-refractivity contribution in [2.24, 2.45) is 0 Å². The van der Waals surface area contributed by atoms with Crippen molar-refractivity contribution in [1.29, 1.82) is 5.26 Å². The van der Waals surface area contributed by atoms with E-state index < -0.39 is 0 Å². The number of hydrogen-bond donors (Lipinski definition) is 1. The molecule has 0 saturated carbocycles. The van der Waals surface area contributed by atoms with E-state index in [0.717, 1.165) is 21.4 Å². The molecule has 0 aliphatic rings. The second kappa shape index (κ2) is 5.98. The quantitative estimate of drug-likeness (QED) is 0.862. The predicted octanol–water partition coefficient (Wildman–Crippen LogP) is 4.10. The lowest BCUT2D eigenvalue weighted by Crippen LogP contribution is -2.22. The van der Waals surface area contributed by atoms with Crippen molar-refractivity contribution in [1.82, 2.24) is 0 Å². The first-order valence-corrected chi connectivity index (χ1v) is 7.10. The van der Waals surface area contributed by atoms with Gasteiger partial charge in [-0.1, -0.05) is 18.2 Å². The van der Waals surface area contributed by atoms with Gasteiger partial charge in [-0.05, 0) is 52.7 Å². The molecule has 2 rings (SSSR count). The third-order valence-electron chi connectivity index (χ3n) is 3.46. The first-order valence-electron chi connectivity index (χ1n) is 6.31. The molecule has 2 aromatic rings. The van der Waals surface area contributed by atoms with Gasteiger partial charge in [0.2, 0.25) is 0 Å². The van der Waals surface area contributed by atoms with Crippen molar-refractivity contribution in [2.45, 2.75) is 13.0 Å². The molecular weight excluding hydrogens is 314 g/mol. The van der Waals surface area contributed by atoms with Gasteiger partial charge >= 0.3 is 0 Å². The average molecular weight is 330 g/mol. The lowest BCUT2D eigenvalue weighted by molar-refractivity contribution is 0.739. The van der Waals surface area contributed by atoms with Gasteiger partial charge in [-0.25, -0.2) is 0 Å². The minimum atomic E-state index is 0.125. The lowest BCUT2D eigenvalue weighted by atomic mass is 10.0. The number of nitrogens with zero attached hydrogens (tertiary/aromatic N) is 2. The van der Waals surface area contributed by atoms with E-state index in [1.165, 1.54) is 0 Å². The highest BCUT2D eigenvalue weighted by molar-refractivity contribution is 9.10. The predicted molar refractivity (Wildman–Crippen MR) is 86.5 cm³/mol. The summed E-state index contributed by atoms with van der Waals surface area (Å²) < 4.78 is 0.809. The number of nitriles is 1. The van der Waals surface area contributed by atoms with Crippen molar-refractivity contribution >= 4 is 27.3 Å². The SMILES string of the molecule is CC(c1cccc(N)c1)N(C)c1cccc(Br)c1C#N. The van der Waals surface area contributed by atoms with E-state index in [1.54, 1.807) is 0 Å². The van der Waals surface area contributed by atoms with E-state index in [9.17, 15) is 5.26 Å². The van der Waals surface area contributed by atoms with Crippen LogP contribution in [0.5, 0.6) is 0 Å². The van der Waals surface area contributed by atoms with E-state index in [4.69, 9.17) is 5.73 Å². The molecule has 0 bridgehead atoms. The number of rotatable bonds is 3. The van der Waals surface area contributed by atoms with Gasteiger partial charge in [-0.3, -0.25) is 0 Å². The summed E-state index contributed by atoms with van der Waals surface area (Å²) in [7, 11) is 1.98. The molecule has 0 radical (unpaired) electrons. The van der Waals surface area contributed by atoms with Crippen LogP contribution in [0.2, 0.25) is 0 Å². The molecule has 0 aliphatic heterocycles. The standard InChI is InChI=1S/C16H16BrN3/c1-11(12-5-3-6-13(19)9-12)20(2)16-8-4-7-15(17)14(16)10-18/h3-9,11H,19H2,1-2H3. The maximum atomic E-state index is 9.32. The van der Waals surface area contributed by atoms with Crippen LogP contribution in [0.1, 0.15) is 24.1 Å². The van der Waals surface area contributed by atoms with Gasteiger partial charge in [0.1, 0.15) is 6.07 Å². The third kappa shape index (κ3) is 2.78. The summed E-state index contributed by atoms with van der Waals surface area (Å²) in [6.07, 6.45) is 0. The fraction of sp³-hybridized carbons (Fsp3) is 0.188. The van der Waals surface area contributed by atoms with Gasteiger partial charge in [0.05, 0.1) is 17.3 Å². The van der Waals surface area contributed by atoms with Gasteiger partial charge in [-0.15, -0.1) is 0 Å². The van der Waals surface area contributed by atoms with Crippen molar-refractivity contribution in [3.05, 3.63) is 58.1 Å². The molecule has 0 heterocycles. The summed E-state index contributed by atoms with van der Waals surface area (Å²) in [5, 5.41) is 9.32. The minimum Gasteiger partial charge on any atom is -0.399 e. The Morgan fingerprint density at radius 1 is 1.25 bits per heavy atom. The van der Waals surface area contributed by atoms with E-state index in [-0.39, 0.29) is 6.04 Å². The highest BCUT2D eigenvalue weighted by atomic mass is 79.9. The first kappa shape index (κ1) is 14.4. The van der Waals surface area contributed by atoms with Gasteiger partial charge in [-0.2, -0.15) is 5.26 Å². The van der Waals surface area contributed by atoms with Crippen LogP contribution in [-0.4, -0.2) is 7.05 Å². The molecule has 1 atom stereocenters. The molecule has 20 heavy (non-hydrogen) atoms.